The first-order valence-electron chi connectivity index (χ1n) is 5.38. The molecule has 0 aliphatic carbocycles. The van der Waals surface area contributed by atoms with Crippen LogP contribution in [0.25, 0.3) is 0 Å². The van der Waals surface area contributed by atoms with Crippen LogP contribution in [0.4, 0.5) is 0 Å². The largest absolute Gasteiger partial charge is 0.347 e. The molecule has 0 unspecified atom stereocenters. The number of imidazole rings is 1. The number of aromatic nitrogens is 3. The lowest BCUT2D eigenvalue weighted by Crippen LogP contribution is -2.12. The summed E-state index contributed by atoms with van der Waals surface area (Å²) in [4.78, 5) is 11.6. The van der Waals surface area contributed by atoms with Gasteiger partial charge in [-0.15, -0.1) is 11.3 Å². The lowest BCUT2D eigenvalue weighted by molar-refractivity contribution is 0.675. The summed E-state index contributed by atoms with van der Waals surface area (Å²) in [7, 11) is 0. The van der Waals surface area contributed by atoms with Gasteiger partial charge >= 0.3 is 0 Å². The Hall–Kier alpha value is -1.20. The minimum atomic E-state index is 0.512. The molecule has 86 valence electrons. The number of hydrogen-bond donors (Lipinski definition) is 2. The lowest BCUT2D eigenvalue weighted by Gasteiger charge is -2.00. The van der Waals surface area contributed by atoms with Gasteiger partial charge in [0, 0.05) is 30.4 Å². The quantitative estimate of drug-likeness (QED) is 0.837. The van der Waals surface area contributed by atoms with Gasteiger partial charge in [-0.2, -0.15) is 0 Å². The minimum Gasteiger partial charge on any atom is -0.347 e. The maximum absolute atomic E-state index is 4.56. The van der Waals surface area contributed by atoms with Crippen molar-refractivity contribution in [3.63, 3.8) is 0 Å². The van der Waals surface area contributed by atoms with Gasteiger partial charge in [0.1, 0.15) is 5.01 Å². The Kier molecular flexibility index (Phi) is 3.69. The molecule has 2 aromatic rings. The van der Waals surface area contributed by atoms with E-state index in [0.29, 0.717) is 5.92 Å². The van der Waals surface area contributed by atoms with Gasteiger partial charge in [-0.25, -0.2) is 9.97 Å². The van der Waals surface area contributed by atoms with Gasteiger partial charge < -0.3 is 10.3 Å². The molecule has 2 rings (SSSR count). The van der Waals surface area contributed by atoms with E-state index in [4.69, 9.17) is 0 Å². The topological polar surface area (TPSA) is 53.6 Å². The molecule has 0 aliphatic rings. The van der Waals surface area contributed by atoms with Crippen LogP contribution in [-0.2, 0) is 13.1 Å². The molecule has 0 atom stereocenters. The van der Waals surface area contributed by atoms with E-state index in [0.717, 1.165) is 23.8 Å². The van der Waals surface area contributed by atoms with Crippen LogP contribution in [0.15, 0.2) is 17.9 Å². The molecule has 0 fully saturated rings. The number of nitrogens with zero attached hydrogens (tertiary/aromatic N) is 2. The Bertz CT molecular complexity index is 419. The molecule has 0 spiro atoms. The van der Waals surface area contributed by atoms with E-state index in [9.17, 15) is 0 Å². The summed E-state index contributed by atoms with van der Waals surface area (Å²) in [5, 5.41) is 6.61. The zero-order valence-electron chi connectivity index (χ0n) is 9.53. The molecule has 4 nitrogen and oxygen atoms in total. The number of hydrogen-bond acceptors (Lipinski definition) is 4. The molecule has 0 saturated heterocycles. The molecule has 0 bridgehead atoms. The van der Waals surface area contributed by atoms with Gasteiger partial charge in [0.15, 0.2) is 0 Å². The zero-order valence-corrected chi connectivity index (χ0v) is 10.3. The molecule has 0 aliphatic heterocycles. The molecule has 0 aromatic carbocycles. The lowest BCUT2D eigenvalue weighted by atomic mass is 10.2. The second-order valence-electron chi connectivity index (χ2n) is 4.00. The third-order valence-electron chi connectivity index (χ3n) is 2.31. The summed E-state index contributed by atoms with van der Waals surface area (Å²) >= 11 is 1.72. The molecular weight excluding hydrogens is 220 g/mol. The van der Waals surface area contributed by atoms with Crippen LogP contribution in [0.1, 0.15) is 36.2 Å². The molecule has 0 saturated carbocycles. The van der Waals surface area contributed by atoms with Gasteiger partial charge in [0.25, 0.3) is 0 Å². The van der Waals surface area contributed by atoms with Crippen molar-refractivity contribution >= 4 is 11.3 Å². The Labute approximate surface area is 99.2 Å². The van der Waals surface area contributed by atoms with E-state index in [1.54, 1.807) is 17.7 Å². The third-order valence-corrected chi connectivity index (χ3v) is 3.17. The average Bonchev–Trinajstić information content (AvgIpc) is 2.87. The minimum absolute atomic E-state index is 0.512. The van der Waals surface area contributed by atoms with Crippen molar-refractivity contribution in [2.45, 2.75) is 32.9 Å². The fraction of sp³-hybridized carbons (Fsp3) is 0.455. The second-order valence-corrected chi connectivity index (χ2v) is 4.94. The van der Waals surface area contributed by atoms with Gasteiger partial charge in [-0.1, -0.05) is 13.8 Å². The van der Waals surface area contributed by atoms with Crippen molar-refractivity contribution in [2.24, 2.45) is 0 Å². The normalized spacial score (nSPS) is 11.2. The standard InChI is InChI=1S/C11H16N4S/c1-8(2)10-6-16-11(15-10)5-12-3-9-4-13-7-14-9/h4,6-8,12H,3,5H2,1-2H3,(H,13,14). The maximum Gasteiger partial charge on any atom is 0.107 e. The number of H-pyrrole nitrogens is 1. The average molecular weight is 236 g/mol. The van der Waals surface area contributed by atoms with E-state index in [1.165, 1.54) is 5.69 Å². The molecule has 16 heavy (non-hydrogen) atoms. The number of aromatic amines is 1. The number of thiazole rings is 1. The first-order chi connectivity index (χ1) is 7.75. The number of nitrogens with one attached hydrogen (secondary N) is 2. The predicted octanol–water partition coefficient (Wildman–Crippen LogP) is 2.28. The summed E-state index contributed by atoms with van der Waals surface area (Å²) in [6.07, 6.45) is 3.52. The van der Waals surface area contributed by atoms with Crippen LogP contribution in [0, 0.1) is 0 Å². The van der Waals surface area contributed by atoms with Crippen LogP contribution in [0.3, 0.4) is 0 Å². The second kappa shape index (κ2) is 5.23. The van der Waals surface area contributed by atoms with Crippen molar-refractivity contribution in [1.29, 1.82) is 0 Å². The highest BCUT2D eigenvalue weighted by Gasteiger charge is 2.05. The molecule has 0 radical (unpaired) electrons. The Morgan fingerprint density at radius 1 is 1.44 bits per heavy atom. The van der Waals surface area contributed by atoms with Crippen molar-refractivity contribution in [3.8, 4) is 0 Å². The van der Waals surface area contributed by atoms with Crippen LogP contribution in [0.2, 0.25) is 0 Å². The molecule has 0 amide bonds. The fourth-order valence-electron chi connectivity index (χ4n) is 1.36. The van der Waals surface area contributed by atoms with E-state index in [2.05, 4.69) is 39.5 Å². The molecule has 5 heteroatoms. The summed E-state index contributed by atoms with van der Waals surface area (Å²) in [5.41, 5.74) is 2.28. The van der Waals surface area contributed by atoms with Crippen molar-refractivity contribution in [2.75, 3.05) is 0 Å². The van der Waals surface area contributed by atoms with Gasteiger partial charge in [-0.05, 0) is 5.92 Å². The van der Waals surface area contributed by atoms with E-state index in [-0.39, 0.29) is 0 Å². The maximum atomic E-state index is 4.56. The molecule has 2 aromatic heterocycles. The van der Waals surface area contributed by atoms with Crippen molar-refractivity contribution in [1.82, 2.24) is 20.3 Å². The van der Waals surface area contributed by atoms with E-state index in [1.807, 2.05) is 6.20 Å². The zero-order chi connectivity index (χ0) is 11.4. The highest BCUT2D eigenvalue weighted by molar-refractivity contribution is 7.09. The van der Waals surface area contributed by atoms with Crippen LogP contribution >= 0.6 is 11.3 Å². The van der Waals surface area contributed by atoms with Crippen molar-refractivity contribution in [3.05, 3.63) is 34.3 Å². The Morgan fingerprint density at radius 2 is 2.31 bits per heavy atom. The predicted molar refractivity (Wildman–Crippen MR) is 65.3 cm³/mol. The molecule has 2 heterocycles. The highest BCUT2D eigenvalue weighted by Crippen LogP contribution is 2.17. The van der Waals surface area contributed by atoms with Crippen LogP contribution in [-0.4, -0.2) is 15.0 Å². The third kappa shape index (κ3) is 2.90. The molecule has 2 N–H and O–H groups in total. The summed E-state index contributed by atoms with van der Waals surface area (Å²) in [6, 6.07) is 0. The van der Waals surface area contributed by atoms with Gasteiger partial charge in [-0.3, -0.25) is 0 Å². The Morgan fingerprint density at radius 3 is 2.94 bits per heavy atom. The van der Waals surface area contributed by atoms with Gasteiger partial charge in [0.05, 0.1) is 12.0 Å². The monoisotopic (exact) mass is 236 g/mol. The molecular formula is C11H16N4S. The smallest absolute Gasteiger partial charge is 0.107 e. The first-order valence-corrected chi connectivity index (χ1v) is 6.26. The van der Waals surface area contributed by atoms with Crippen molar-refractivity contribution < 1.29 is 0 Å². The summed E-state index contributed by atoms with van der Waals surface area (Å²) in [6.45, 7) is 5.95. The van der Waals surface area contributed by atoms with Crippen LogP contribution in [0.5, 0.6) is 0 Å². The fourth-order valence-corrected chi connectivity index (χ4v) is 2.28. The number of rotatable bonds is 5. The van der Waals surface area contributed by atoms with E-state index >= 15 is 0 Å². The SMILES string of the molecule is CC(C)c1csc(CNCc2cnc[nH]2)n1. The first kappa shape index (κ1) is 11.3. The van der Waals surface area contributed by atoms with Crippen LogP contribution < -0.4 is 5.32 Å². The summed E-state index contributed by atoms with van der Waals surface area (Å²) in [5.74, 6) is 0.512. The van der Waals surface area contributed by atoms with E-state index < -0.39 is 0 Å². The Balaban J connectivity index is 1.81. The van der Waals surface area contributed by atoms with Gasteiger partial charge in [0.2, 0.25) is 0 Å². The summed E-state index contributed by atoms with van der Waals surface area (Å²) < 4.78 is 0. The highest BCUT2D eigenvalue weighted by atomic mass is 32.1.